The lowest BCUT2D eigenvalue weighted by Crippen LogP contribution is -3.00. The Morgan fingerprint density at radius 1 is 1.09 bits per heavy atom. The maximum Gasteiger partial charge on any atom is 0.416 e. The van der Waals surface area contributed by atoms with Gasteiger partial charge in [-0.1, -0.05) is 42.0 Å². The van der Waals surface area contributed by atoms with E-state index in [-0.39, 0.29) is 42.0 Å². The van der Waals surface area contributed by atoms with Crippen molar-refractivity contribution >= 4 is 11.6 Å². The normalized spacial score (nSPS) is 15.4. The summed E-state index contributed by atoms with van der Waals surface area (Å²) in [6.45, 7) is 3.43. The van der Waals surface area contributed by atoms with Crippen LogP contribution in [0.1, 0.15) is 61.9 Å². The zero-order valence-electron chi connectivity index (χ0n) is 19.0. The van der Waals surface area contributed by atoms with Gasteiger partial charge in [-0.05, 0) is 50.3 Å². The van der Waals surface area contributed by atoms with Crippen LogP contribution in [0.3, 0.4) is 0 Å². The van der Waals surface area contributed by atoms with Crippen molar-refractivity contribution in [2.45, 2.75) is 45.8 Å². The third-order valence-corrected chi connectivity index (χ3v) is 6.29. The van der Waals surface area contributed by atoms with E-state index in [9.17, 15) is 22.8 Å². The predicted molar refractivity (Wildman–Crippen MR) is 118 cm³/mol. The number of carbonyl (C=O) groups is 2. The highest BCUT2D eigenvalue weighted by Crippen LogP contribution is 2.32. The van der Waals surface area contributed by atoms with E-state index in [0.717, 1.165) is 34.7 Å². The van der Waals surface area contributed by atoms with Gasteiger partial charge in [0.25, 0.3) is 0 Å². The zero-order valence-corrected chi connectivity index (χ0v) is 19.7. The highest BCUT2D eigenvalue weighted by Gasteiger charge is 2.34. The molecule has 1 heterocycles. The molecule has 178 valence electrons. The highest BCUT2D eigenvalue weighted by molar-refractivity contribution is 6.01. The molecule has 0 radical (unpaired) electrons. The second-order valence-corrected chi connectivity index (χ2v) is 8.73. The van der Waals surface area contributed by atoms with Crippen LogP contribution >= 0.6 is 0 Å². The van der Waals surface area contributed by atoms with E-state index in [1.165, 1.54) is 19.1 Å². The Labute approximate surface area is 203 Å². The molecule has 0 N–H and O–H groups in total. The van der Waals surface area contributed by atoms with E-state index in [2.05, 4.69) is 6.07 Å². The molecular weight excluding hydrogens is 463 g/mol. The minimum absolute atomic E-state index is 0. The quantitative estimate of drug-likeness (QED) is 0.410. The number of rotatable bonds is 5. The van der Waals surface area contributed by atoms with Crippen molar-refractivity contribution in [1.82, 2.24) is 0 Å². The van der Waals surface area contributed by atoms with Crippen LogP contribution in [0.4, 0.5) is 13.2 Å². The summed E-state index contributed by atoms with van der Waals surface area (Å²) in [5.74, 6) is -0.315. The van der Waals surface area contributed by atoms with E-state index >= 15 is 0 Å². The first-order valence-electron chi connectivity index (χ1n) is 10.9. The summed E-state index contributed by atoms with van der Waals surface area (Å²) >= 11 is 0. The Morgan fingerprint density at radius 2 is 1.82 bits per heavy atom. The van der Waals surface area contributed by atoms with Gasteiger partial charge >= 0.3 is 6.18 Å². The van der Waals surface area contributed by atoms with Gasteiger partial charge in [0, 0.05) is 23.1 Å². The number of halogens is 4. The maximum absolute atomic E-state index is 13.4. The molecule has 0 bridgehead atoms. The summed E-state index contributed by atoms with van der Waals surface area (Å²) in [6.07, 6.45) is 0.775. The SMILES string of the molecule is CC(=O)c1c[n+](Cc2ccccc2C(F)(F)F)ccc1CC1CCc2cc(C)ccc2C1=O.[Cl-]. The maximum atomic E-state index is 13.4. The number of hydrogen-bond donors (Lipinski definition) is 0. The minimum atomic E-state index is -4.45. The van der Waals surface area contributed by atoms with Crippen LogP contribution in [0.5, 0.6) is 0 Å². The topological polar surface area (TPSA) is 38.0 Å². The largest absolute Gasteiger partial charge is 1.00 e. The van der Waals surface area contributed by atoms with Gasteiger partial charge in [0.1, 0.15) is 0 Å². The van der Waals surface area contributed by atoms with Gasteiger partial charge in [0.15, 0.2) is 30.5 Å². The number of carbonyl (C=O) groups excluding carboxylic acids is 2. The summed E-state index contributed by atoms with van der Waals surface area (Å²) in [5.41, 5.74) is 3.56. The fraction of sp³-hybridized carbons (Fsp3) is 0.296. The summed E-state index contributed by atoms with van der Waals surface area (Å²) in [4.78, 5) is 25.4. The second-order valence-electron chi connectivity index (χ2n) is 8.73. The molecule has 2 aromatic carbocycles. The Bertz CT molecular complexity index is 1240. The summed E-state index contributed by atoms with van der Waals surface area (Å²) < 4.78 is 41.6. The Kier molecular flexibility index (Phi) is 7.61. The van der Waals surface area contributed by atoms with Gasteiger partial charge in [-0.15, -0.1) is 0 Å². The lowest BCUT2D eigenvalue weighted by molar-refractivity contribution is -0.688. The molecule has 0 aliphatic heterocycles. The second kappa shape index (κ2) is 10.1. The molecule has 0 fully saturated rings. The molecule has 1 aliphatic carbocycles. The molecule has 4 rings (SSSR count). The van der Waals surface area contributed by atoms with Crippen molar-refractivity contribution < 1.29 is 39.7 Å². The standard InChI is InChI=1S/C27H25F3NO2.ClH/c1-17-7-10-23-19(13-17)8-9-21(26(23)33)14-20-11-12-31(16-24(20)18(2)32)15-22-5-3-4-6-25(22)27(28,29)30;/h3-7,10-13,16,21H,8-9,14-15H2,1-2H3;1H/q+1;/p-1. The molecular formula is C27H25ClF3NO2. The number of aromatic nitrogens is 1. The van der Waals surface area contributed by atoms with Crippen LogP contribution in [0.15, 0.2) is 60.9 Å². The molecule has 1 aromatic heterocycles. The van der Waals surface area contributed by atoms with Crippen molar-refractivity contribution in [3.63, 3.8) is 0 Å². The van der Waals surface area contributed by atoms with Gasteiger partial charge < -0.3 is 12.4 Å². The number of benzene rings is 2. The molecule has 1 atom stereocenters. The number of Topliss-reactive ketones (excluding diaryl/α,β-unsaturated/α-hetero) is 2. The van der Waals surface area contributed by atoms with Crippen LogP contribution in [0.25, 0.3) is 0 Å². The lowest BCUT2D eigenvalue weighted by atomic mass is 9.79. The average Bonchev–Trinajstić information content (AvgIpc) is 2.76. The summed E-state index contributed by atoms with van der Waals surface area (Å²) in [5, 5.41) is 0. The molecule has 0 saturated heterocycles. The first-order chi connectivity index (χ1) is 15.6. The number of alkyl halides is 3. The monoisotopic (exact) mass is 487 g/mol. The van der Waals surface area contributed by atoms with E-state index in [0.29, 0.717) is 18.4 Å². The smallest absolute Gasteiger partial charge is 0.416 e. The van der Waals surface area contributed by atoms with Crippen LogP contribution in [0, 0.1) is 12.8 Å². The van der Waals surface area contributed by atoms with E-state index in [1.807, 2.05) is 19.1 Å². The average molecular weight is 488 g/mol. The summed E-state index contributed by atoms with van der Waals surface area (Å²) in [7, 11) is 0. The Morgan fingerprint density at radius 3 is 2.53 bits per heavy atom. The molecule has 0 spiro atoms. The number of aryl methyl sites for hydroxylation is 2. The van der Waals surface area contributed by atoms with Crippen molar-refractivity contribution in [2.24, 2.45) is 5.92 Å². The number of hydrogen-bond acceptors (Lipinski definition) is 2. The Hall–Kier alpha value is -2.99. The van der Waals surface area contributed by atoms with E-state index in [1.54, 1.807) is 29.1 Å². The molecule has 0 saturated carbocycles. The molecule has 34 heavy (non-hydrogen) atoms. The summed E-state index contributed by atoms with van der Waals surface area (Å²) in [6, 6.07) is 13.0. The van der Waals surface area contributed by atoms with Gasteiger partial charge in [0.05, 0.1) is 11.1 Å². The first-order valence-corrected chi connectivity index (χ1v) is 10.9. The van der Waals surface area contributed by atoms with Crippen LogP contribution in [-0.2, 0) is 25.6 Å². The third-order valence-electron chi connectivity index (χ3n) is 6.29. The van der Waals surface area contributed by atoms with Crippen molar-refractivity contribution in [2.75, 3.05) is 0 Å². The molecule has 3 aromatic rings. The van der Waals surface area contributed by atoms with Gasteiger partial charge in [-0.2, -0.15) is 13.2 Å². The number of nitrogens with zero attached hydrogens (tertiary/aromatic N) is 1. The molecule has 3 nitrogen and oxygen atoms in total. The van der Waals surface area contributed by atoms with E-state index < -0.39 is 11.7 Å². The van der Waals surface area contributed by atoms with Gasteiger partial charge in [0.2, 0.25) is 0 Å². The fourth-order valence-corrected chi connectivity index (χ4v) is 4.60. The number of pyridine rings is 1. The van der Waals surface area contributed by atoms with Crippen LogP contribution in [0.2, 0.25) is 0 Å². The van der Waals surface area contributed by atoms with Crippen LogP contribution in [-0.4, -0.2) is 11.6 Å². The number of ketones is 2. The minimum Gasteiger partial charge on any atom is -1.00 e. The fourth-order valence-electron chi connectivity index (χ4n) is 4.60. The first kappa shape index (κ1) is 25.6. The van der Waals surface area contributed by atoms with Crippen molar-refractivity contribution in [1.29, 1.82) is 0 Å². The molecule has 1 aliphatic rings. The Balaban J connectivity index is 0.00000324. The van der Waals surface area contributed by atoms with E-state index in [4.69, 9.17) is 0 Å². The third kappa shape index (κ3) is 5.39. The van der Waals surface area contributed by atoms with Crippen LogP contribution < -0.4 is 17.0 Å². The van der Waals surface area contributed by atoms with Crippen molar-refractivity contribution in [3.05, 3.63) is 99.9 Å². The number of fused-ring (bicyclic) bond motifs is 1. The van der Waals surface area contributed by atoms with Gasteiger partial charge in [-0.25, -0.2) is 4.57 Å². The predicted octanol–water partition coefficient (Wildman–Crippen LogP) is 2.54. The molecule has 0 amide bonds. The highest BCUT2D eigenvalue weighted by atomic mass is 35.5. The lowest BCUT2D eigenvalue weighted by Gasteiger charge is -2.24. The van der Waals surface area contributed by atoms with Gasteiger partial charge in [-0.3, -0.25) is 9.59 Å². The van der Waals surface area contributed by atoms with Crippen molar-refractivity contribution in [3.8, 4) is 0 Å². The molecule has 1 unspecified atom stereocenters. The zero-order chi connectivity index (χ0) is 23.8. The molecule has 7 heteroatoms.